The minimum absolute atomic E-state index is 0.301. The van der Waals surface area contributed by atoms with E-state index in [1.165, 1.54) is 17.5 Å². The molecule has 0 aliphatic heterocycles. The third-order valence-electron chi connectivity index (χ3n) is 1.53. The average Bonchev–Trinajstić information content (AvgIpc) is 2.53. The highest BCUT2D eigenvalue weighted by molar-refractivity contribution is 7.17. The first-order valence-electron chi connectivity index (χ1n) is 3.13. The van der Waals surface area contributed by atoms with E-state index < -0.39 is 5.91 Å². The number of nitrogens with zero attached hydrogens (tertiary/aromatic N) is 2. The molecule has 2 aromatic rings. The van der Waals surface area contributed by atoms with Crippen molar-refractivity contribution in [3.05, 3.63) is 17.3 Å². The second kappa shape index (κ2) is 2.21. The number of aromatic nitrogens is 2. The van der Waals surface area contributed by atoms with E-state index in [1.54, 1.807) is 5.51 Å². The van der Waals surface area contributed by atoms with Crippen LogP contribution in [0.4, 0.5) is 0 Å². The first kappa shape index (κ1) is 7.11. The van der Waals surface area contributed by atoms with Gasteiger partial charge in [-0.1, -0.05) is 0 Å². The van der Waals surface area contributed by atoms with Gasteiger partial charge in [0.05, 0.1) is 22.0 Å². The zero-order valence-electron chi connectivity index (χ0n) is 5.89. The number of primary amides is 1. The summed E-state index contributed by atoms with van der Waals surface area (Å²) < 4.78 is 1.41. The van der Waals surface area contributed by atoms with Gasteiger partial charge in [-0.15, -0.1) is 11.3 Å². The highest BCUT2D eigenvalue weighted by atomic mass is 32.1. The summed E-state index contributed by atoms with van der Waals surface area (Å²) in [5, 5.41) is 9.18. The average molecular weight is 183 g/mol. The Bertz CT molecular complexity index is 445. The van der Waals surface area contributed by atoms with Crippen LogP contribution in [0.5, 0.6) is 0 Å². The lowest BCUT2D eigenvalue weighted by atomic mass is 10.3. The molecule has 1 amide bonds. The molecule has 0 atom stereocenters. The quantitative estimate of drug-likeness (QED) is 0.629. The fourth-order valence-electron chi connectivity index (χ4n) is 1.01. The van der Waals surface area contributed by atoms with Gasteiger partial charge in [-0.2, -0.15) is 4.73 Å². The second-order valence-electron chi connectivity index (χ2n) is 2.26. The molecule has 62 valence electrons. The molecule has 0 aromatic carbocycles. The van der Waals surface area contributed by atoms with Crippen molar-refractivity contribution in [1.82, 2.24) is 9.71 Å². The first-order chi connectivity index (χ1) is 5.70. The molecule has 0 unspecified atom stereocenters. The van der Waals surface area contributed by atoms with Gasteiger partial charge in [0.2, 0.25) is 0 Å². The molecular formula is C6H5N3O2S. The Hall–Kier alpha value is -1.56. The minimum Gasteiger partial charge on any atom is -0.427 e. The van der Waals surface area contributed by atoms with Crippen LogP contribution in [0.1, 0.15) is 10.4 Å². The van der Waals surface area contributed by atoms with E-state index in [2.05, 4.69) is 4.98 Å². The summed E-state index contributed by atoms with van der Waals surface area (Å²) in [6, 6.07) is 0. The standard InChI is InChI=1S/C6H5N3O2S/c7-5(10)3-1-9(11)6-4(3)12-2-8-6/h1-2,11H,(H2,7,10). The van der Waals surface area contributed by atoms with Gasteiger partial charge >= 0.3 is 0 Å². The predicted molar refractivity (Wildman–Crippen MR) is 43.3 cm³/mol. The predicted octanol–water partition coefficient (Wildman–Crippen LogP) is 0.434. The van der Waals surface area contributed by atoms with Crippen molar-refractivity contribution < 1.29 is 10.0 Å². The SMILES string of the molecule is NC(=O)c1cn(O)c2ncsc12. The number of hydrogen-bond acceptors (Lipinski definition) is 4. The Balaban J connectivity index is 2.83. The van der Waals surface area contributed by atoms with Crippen molar-refractivity contribution in [2.45, 2.75) is 0 Å². The van der Waals surface area contributed by atoms with Crippen LogP contribution < -0.4 is 5.73 Å². The zero-order chi connectivity index (χ0) is 8.72. The number of rotatable bonds is 1. The van der Waals surface area contributed by atoms with E-state index in [4.69, 9.17) is 5.73 Å². The molecule has 5 nitrogen and oxygen atoms in total. The summed E-state index contributed by atoms with van der Waals surface area (Å²) in [6.45, 7) is 0. The molecule has 12 heavy (non-hydrogen) atoms. The van der Waals surface area contributed by atoms with Crippen LogP contribution in [0.25, 0.3) is 10.3 Å². The molecule has 0 aliphatic carbocycles. The molecular weight excluding hydrogens is 178 g/mol. The Morgan fingerprint density at radius 2 is 2.50 bits per heavy atom. The second-order valence-corrected chi connectivity index (χ2v) is 3.11. The number of carbonyl (C=O) groups is 1. The molecule has 0 aliphatic rings. The van der Waals surface area contributed by atoms with E-state index in [0.717, 1.165) is 4.73 Å². The number of carbonyl (C=O) groups excluding carboxylic acids is 1. The third kappa shape index (κ3) is 0.782. The van der Waals surface area contributed by atoms with Crippen LogP contribution in [0.15, 0.2) is 11.7 Å². The van der Waals surface area contributed by atoms with Gasteiger partial charge in [-0.05, 0) is 0 Å². The molecule has 0 saturated heterocycles. The molecule has 2 rings (SSSR count). The summed E-state index contributed by atoms with van der Waals surface area (Å²) in [7, 11) is 0. The van der Waals surface area contributed by atoms with Gasteiger partial charge in [0.1, 0.15) is 0 Å². The van der Waals surface area contributed by atoms with Crippen LogP contribution in [0, 0.1) is 0 Å². The Morgan fingerprint density at radius 1 is 1.75 bits per heavy atom. The summed E-state index contributed by atoms with van der Waals surface area (Å²) in [5.74, 6) is -0.558. The van der Waals surface area contributed by atoms with Crippen molar-refractivity contribution >= 4 is 27.6 Å². The van der Waals surface area contributed by atoms with Gasteiger partial charge < -0.3 is 10.9 Å². The van der Waals surface area contributed by atoms with Gasteiger partial charge in [-0.25, -0.2) is 4.98 Å². The Labute approximate surface area is 71.0 Å². The van der Waals surface area contributed by atoms with Gasteiger partial charge in [0, 0.05) is 0 Å². The Morgan fingerprint density at radius 3 is 3.17 bits per heavy atom. The van der Waals surface area contributed by atoms with E-state index >= 15 is 0 Å². The lowest BCUT2D eigenvalue weighted by Gasteiger charge is -1.85. The van der Waals surface area contributed by atoms with Crippen molar-refractivity contribution in [3.8, 4) is 0 Å². The van der Waals surface area contributed by atoms with Crippen molar-refractivity contribution in [2.75, 3.05) is 0 Å². The van der Waals surface area contributed by atoms with Gasteiger partial charge in [0.15, 0.2) is 5.65 Å². The van der Waals surface area contributed by atoms with Crippen molar-refractivity contribution in [2.24, 2.45) is 5.73 Å². The fourth-order valence-corrected chi connectivity index (χ4v) is 1.79. The molecule has 3 N–H and O–H groups in total. The van der Waals surface area contributed by atoms with Crippen molar-refractivity contribution in [3.63, 3.8) is 0 Å². The van der Waals surface area contributed by atoms with Gasteiger partial charge in [-0.3, -0.25) is 4.79 Å². The maximum Gasteiger partial charge on any atom is 0.251 e. The van der Waals surface area contributed by atoms with E-state index in [-0.39, 0.29) is 0 Å². The van der Waals surface area contributed by atoms with E-state index in [0.29, 0.717) is 15.9 Å². The number of amides is 1. The van der Waals surface area contributed by atoms with E-state index in [1.807, 2.05) is 0 Å². The fraction of sp³-hybridized carbons (Fsp3) is 0. The lowest BCUT2D eigenvalue weighted by molar-refractivity contribution is 0.0999. The highest BCUT2D eigenvalue weighted by Gasteiger charge is 2.14. The normalized spacial score (nSPS) is 10.7. The third-order valence-corrected chi connectivity index (χ3v) is 2.38. The first-order valence-corrected chi connectivity index (χ1v) is 4.01. The summed E-state index contributed by atoms with van der Waals surface area (Å²) in [4.78, 5) is 14.6. The van der Waals surface area contributed by atoms with Crippen LogP contribution in [0.2, 0.25) is 0 Å². The molecule has 0 saturated carbocycles. The molecule has 6 heteroatoms. The van der Waals surface area contributed by atoms with Crippen molar-refractivity contribution in [1.29, 1.82) is 0 Å². The summed E-state index contributed by atoms with van der Waals surface area (Å²) in [5.41, 5.74) is 7.28. The smallest absolute Gasteiger partial charge is 0.251 e. The highest BCUT2D eigenvalue weighted by Crippen LogP contribution is 2.22. The Kier molecular flexibility index (Phi) is 1.31. The van der Waals surface area contributed by atoms with E-state index in [9.17, 15) is 10.0 Å². The van der Waals surface area contributed by atoms with Crippen LogP contribution in [-0.2, 0) is 0 Å². The number of fused-ring (bicyclic) bond motifs is 1. The zero-order valence-corrected chi connectivity index (χ0v) is 6.71. The van der Waals surface area contributed by atoms with Gasteiger partial charge in [0.25, 0.3) is 5.91 Å². The molecule has 0 spiro atoms. The molecule has 0 radical (unpaired) electrons. The number of thiazole rings is 1. The summed E-state index contributed by atoms with van der Waals surface area (Å²) >= 11 is 1.27. The lowest BCUT2D eigenvalue weighted by Crippen LogP contribution is -2.09. The molecule has 0 fully saturated rings. The molecule has 2 heterocycles. The maximum atomic E-state index is 10.8. The molecule has 2 aromatic heterocycles. The summed E-state index contributed by atoms with van der Waals surface area (Å²) in [6.07, 6.45) is 1.26. The largest absolute Gasteiger partial charge is 0.427 e. The monoisotopic (exact) mass is 183 g/mol. The number of nitrogens with two attached hydrogens (primary N) is 1. The maximum absolute atomic E-state index is 10.8. The van der Waals surface area contributed by atoms with Crippen LogP contribution >= 0.6 is 11.3 Å². The minimum atomic E-state index is -0.558. The van der Waals surface area contributed by atoms with Crippen LogP contribution in [0.3, 0.4) is 0 Å². The molecule has 0 bridgehead atoms. The number of hydrogen-bond donors (Lipinski definition) is 2. The topological polar surface area (TPSA) is 81.1 Å². The van der Waals surface area contributed by atoms with Crippen LogP contribution in [-0.4, -0.2) is 20.8 Å².